The van der Waals surface area contributed by atoms with Gasteiger partial charge in [0.15, 0.2) is 0 Å². The van der Waals surface area contributed by atoms with Crippen LogP contribution in [0.4, 0.5) is 0 Å². The van der Waals surface area contributed by atoms with E-state index in [4.69, 9.17) is 22.1 Å². The lowest BCUT2D eigenvalue weighted by Gasteiger charge is -2.21. The summed E-state index contributed by atoms with van der Waals surface area (Å²) in [5.74, 6) is -2.84. The lowest BCUT2D eigenvalue weighted by molar-refractivity contribution is -0.150. The molecule has 1 amide bonds. The van der Waals surface area contributed by atoms with Crippen LogP contribution < -0.4 is 4.74 Å². The van der Waals surface area contributed by atoms with E-state index >= 15 is 0 Å². The summed E-state index contributed by atoms with van der Waals surface area (Å²) < 4.78 is 5.21. The molecule has 1 aromatic carbocycles. The van der Waals surface area contributed by atoms with Crippen LogP contribution in [0.2, 0.25) is 0 Å². The van der Waals surface area contributed by atoms with E-state index in [0.29, 0.717) is 11.3 Å². The maximum atomic E-state index is 12.5. The Morgan fingerprint density at radius 2 is 2.04 bits per heavy atom. The number of hydrogen-bond donors (Lipinski definition) is 2. The molecule has 1 fully saturated rings. The fourth-order valence-electron chi connectivity index (χ4n) is 2.13. The van der Waals surface area contributed by atoms with Gasteiger partial charge in [0.05, 0.1) is 18.4 Å². The third kappa shape index (κ3) is 3.74. The molecule has 1 atom stereocenters. The molecule has 1 aromatic rings. The highest BCUT2D eigenvalue weighted by atomic mass is 32.2. The number of nitrogens with zero attached hydrogens (tertiary/aromatic N) is 1. The number of methoxy groups -OCH3 is 1. The van der Waals surface area contributed by atoms with E-state index in [1.165, 1.54) is 13.2 Å². The number of hydrogen-bond acceptors (Lipinski definition) is 6. The zero-order valence-electron chi connectivity index (χ0n) is 12.5. The monoisotopic (exact) mass is 367 g/mol. The molecule has 126 valence electrons. The third-order valence-electron chi connectivity index (χ3n) is 3.21. The molecule has 24 heavy (non-hydrogen) atoms. The van der Waals surface area contributed by atoms with Crippen molar-refractivity contribution in [1.82, 2.24) is 4.90 Å². The number of amides is 1. The number of carboxylic acid groups (broad SMARTS) is 2. The minimum absolute atomic E-state index is 0.00907. The second-order valence-corrected chi connectivity index (χ2v) is 6.42. The largest absolute Gasteiger partial charge is 0.496 e. The van der Waals surface area contributed by atoms with Crippen LogP contribution in [0.3, 0.4) is 0 Å². The molecule has 7 nitrogen and oxygen atoms in total. The average Bonchev–Trinajstić information content (AvgIpc) is 2.79. The summed E-state index contributed by atoms with van der Waals surface area (Å²) in [5, 5.41) is 18.1. The van der Waals surface area contributed by atoms with Gasteiger partial charge in [-0.05, 0) is 12.1 Å². The van der Waals surface area contributed by atoms with Gasteiger partial charge in [0.1, 0.15) is 16.1 Å². The van der Waals surface area contributed by atoms with Gasteiger partial charge in [-0.25, -0.2) is 4.79 Å². The van der Waals surface area contributed by atoms with Gasteiger partial charge in [0, 0.05) is 5.56 Å². The topological polar surface area (TPSA) is 104 Å². The number of carboxylic acids is 2. The first-order chi connectivity index (χ1) is 11.3. The predicted octanol–water partition coefficient (Wildman–Crippen LogP) is 1.82. The molecule has 1 saturated heterocycles. The van der Waals surface area contributed by atoms with Gasteiger partial charge in [-0.3, -0.25) is 14.5 Å². The van der Waals surface area contributed by atoms with Crippen LogP contribution >= 0.6 is 24.0 Å². The number of aliphatic carboxylic acids is 2. The molecule has 2 N–H and O–H groups in total. The molecule has 1 aliphatic rings. The number of benzene rings is 1. The van der Waals surface area contributed by atoms with E-state index < -0.39 is 30.3 Å². The Morgan fingerprint density at radius 1 is 1.38 bits per heavy atom. The molecule has 0 radical (unpaired) electrons. The lowest BCUT2D eigenvalue weighted by Crippen LogP contribution is -2.45. The van der Waals surface area contributed by atoms with Gasteiger partial charge < -0.3 is 14.9 Å². The Balaban J connectivity index is 2.36. The van der Waals surface area contributed by atoms with Crippen molar-refractivity contribution in [2.75, 3.05) is 7.11 Å². The average molecular weight is 367 g/mol. The quantitative estimate of drug-likeness (QED) is 0.580. The zero-order valence-corrected chi connectivity index (χ0v) is 14.1. The van der Waals surface area contributed by atoms with Crippen molar-refractivity contribution in [2.24, 2.45) is 0 Å². The minimum Gasteiger partial charge on any atom is -0.496 e. The number of thiocarbonyl (C=S) groups is 1. The Morgan fingerprint density at radius 3 is 2.62 bits per heavy atom. The number of para-hydroxylation sites is 1. The van der Waals surface area contributed by atoms with Gasteiger partial charge >= 0.3 is 11.9 Å². The highest BCUT2D eigenvalue weighted by molar-refractivity contribution is 8.26. The van der Waals surface area contributed by atoms with Crippen molar-refractivity contribution in [3.05, 3.63) is 34.7 Å². The Labute approximate surface area is 146 Å². The number of ether oxygens (including phenoxy) is 1. The summed E-state index contributed by atoms with van der Waals surface area (Å²) in [6, 6.07) is 5.45. The Kier molecular flexibility index (Phi) is 5.58. The van der Waals surface area contributed by atoms with Gasteiger partial charge in [0.25, 0.3) is 5.91 Å². The summed E-state index contributed by atoms with van der Waals surface area (Å²) in [6.45, 7) is 0. The second kappa shape index (κ2) is 7.45. The molecule has 1 unspecified atom stereocenters. The van der Waals surface area contributed by atoms with E-state index in [1.807, 2.05) is 0 Å². The highest BCUT2D eigenvalue weighted by Crippen LogP contribution is 2.35. The van der Waals surface area contributed by atoms with Crippen molar-refractivity contribution in [3.63, 3.8) is 0 Å². The van der Waals surface area contributed by atoms with E-state index in [1.54, 1.807) is 24.3 Å². The summed E-state index contributed by atoms with van der Waals surface area (Å²) in [6.07, 6.45) is 0.807. The molecular weight excluding hydrogens is 354 g/mol. The van der Waals surface area contributed by atoms with Crippen molar-refractivity contribution < 1.29 is 29.3 Å². The van der Waals surface area contributed by atoms with E-state index in [9.17, 15) is 19.5 Å². The summed E-state index contributed by atoms with van der Waals surface area (Å²) in [7, 11) is 1.49. The molecule has 2 rings (SSSR count). The fourth-order valence-corrected chi connectivity index (χ4v) is 3.48. The van der Waals surface area contributed by atoms with Gasteiger partial charge in [-0.2, -0.15) is 0 Å². The smallest absolute Gasteiger partial charge is 0.327 e. The molecule has 1 aliphatic heterocycles. The first-order valence-electron chi connectivity index (χ1n) is 6.69. The maximum absolute atomic E-state index is 12.5. The molecule has 9 heteroatoms. The molecule has 0 bridgehead atoms. The molecule has 0 aliphatic carbocycles. The van der Waals surface area contributed by atoms with Gasteiger partial charge in [-0.1, -0.05) is 42.2 Å². The number of rotatable bonds is 6. The maximum Gasteiger partial charge on any atom is 0.327 e. The number of carbonyl (C=O) groups is 3. The Hall–Kier alpha value is -2.39. The molecule has 1 heterocycles. The van der Waals surface area contributed by atoms with Gasteiger partial charge in [0.2, 0.25) is 0 Å². The van der Waals surface area contributed by atoms with Crippen LogP contribution in [0.5, 0.6) is 5.75 Å². The van der Waals surface area contributed by atoms with E-state index in [0.717, 1.165) is 16.7 Å². The minimum atomic E-state index is -1.54. The third-order valence-corrected chi connectivity index (χ3v) is 4.54. The molecule has 0 spiro atoms. The Bertz CT molecular complexity index is 745. The lowest BCUT2D eigenvalue weighted by atomic mass is 10.1. The van der Waals surface area contributed by atoms with Crippen LogP contribution in [-0.4, -0.2) is 50.4 Å². The van der Waals surface area contributed by atoms with Crippen LogP contribution in [0, 0.1) is 0 Å². The van der Waals surface area contributed by atoms with Crippen LogP contribution in [0.25, 0.3) is 6.08 Å². The number of carbonyl (C=O) groups excluding carboxylic acids is 1. The van der Waals surface area contributed by atoms with Crippen LogP contribution in [0.15, 0.2) is 29.2 Å². The van der Waals surface area contributed by atoms with Gasteiger partial charge in [-0.15, -0.1) is 0 Å². The molecular formula is C15H13NO6S2. The second-order valence-electron chi connectivity index (χ2n) is 4.75. The van der Waals surface area contributed by atoms with Crippen molar-refractivity contribution in [2.45, 2.75) is 12.5 Å². The SMILES string of the molecule is COc1ccccc1C=C1SC(=S)N(C(CC(=O)O)C(=O)O)C1=O. The van der Waals surface area contributed by atoms with Crippen molar-refractivity contribution in [1.29, 1.82) is 0 Å². The molecule has 0 aromatic heterocycles. The normalized spacial score (nSPS) is 17.2. The fraction of sp³-hybridized carbons (Fsp3) is 0.200. The van der Waals surface area contributed by atoms with E-state index in [-0.39, 0.29) is 9.23 Å². The molecule has 0 saturated carbocycles. The number of thioether (sulfide) groups is 1. The van der Waals surface area contributed by atoms with Crippen molar-refractivity contribution >= 4 is 52.2 Å². The summed E-state index contributed by atoms with van der Waals surface area (Å²) in [5.41, 5.74) is 0.630. The van der Waals surface area contributed by atoms with Crippen LogP contribution in [-0.2, 0) is 14.4 Å². The first-order valence-corrected chi connectivity index (χ1v) is 7.92. The van der Waals surface area contributed by atoms with E-state index in [2.05, 4.69) is 0 Å². The van der Waals surface area contributed by atoms with Crippen LogP contribution in [0.1, 0.15) is 12.0 Å². The summed E-state index contributed by atoms with van der Waals surface area (Å²) >= 11 is 5.99. The predicted molar refractivity (Wildman–Crippen MR) is 91.7 cm³/mol. The van der Waals surface area contributed by atoms with Crippen molar-refractivity contribution in [3.8, 4) is 5.75 Å². The standard InChI is InChI=1S/C15H13NO6S2/c1-22-10-5-3-2-4-8(10)6-11-13(19)16(15(23)24-11)9(14(20)21)7-12(17)18/h2-6,9H,7H2,1H3,(H,17,18)(H,20,21). The zero-order chi connectivity index (χ0) is 17.9. The first kappa shape index (κ1) is 18.0. The summed E-state index contributed by atoms with van der Waals surface area (Å²) in [4.78, 5) is 35.7. The highest BCUT2D eigenvalue weighted by Gasteiger charge is 2.41.